The topological polar surface area (TPSA) is 125 Å². The average molecular weight is 303 g/mol. The summed E-state index contributed by atoms with van der Waals surface area (Å²) in [4.78, 5) is 17.7. The number of nitrogens with zero attached hydrogens (tertiary/aromatic N) is 3. The van der Waals surface area contributed by atoms with Gasteiger partial charge in [-0.15, -0.1) is 0 Å². The van der Waals surface area contributed by atoms with Gasteiger partial charge in [0.15, 0.2) is 11.5 Å². The van der Waals surface area contributed by atoms with Crippen molar-refractivity contribution < 1.29 is 14.4 Å². The first-order chi connectivity index (χ1) is 10.6. The van der Waals surface area contributed by atoms with Crippen LogP contribution >= 0.6 is 0 Å². The number of benzene rings is 1. The molecule has 0 radical (unpaired) electrons. The number of nitrogens with two attached hydrogens (primary N) is 1. The molecule has 0 aliphatic carbocycles. The fraction of sp³-hybridized carbons (Fsp3) is 0.231. The van der Waals surface area contributed by atoms with Crippen LogP contribution in [0.3, 0.4) is 0 Å². The van der Waals surface area contributed by atoms with Crippen LogP contribution in [0, 0.1) is 10.1 Å². The van der Waals surface area contributed by atoms with Gasteiger partial charge in [-0.3, -0.25) is 10.1 Å². The molecule has 0 fully saturated rings. The average Bonchev–Trinajstić information content (AvgIpc) is 2.52. The summed E-state index contributed by atoms with van der Waals surface area (Å²) >= 11 is 0. The van der Waals surface area contributed by atoms with Crippen LogP contribution in [0.15, 0.2) is 30.5 Å². The van der Waals surface area contributed by atoms with Crippen molar-refractivity contribution in [2.75, 3.05) is 24.2 Å². The number of rotatable bonds is 4. The van der Waals surface area contributed by atoms with Crippen molar-refractivity contribution in [3.63, 3.8) is 0 Å². The van der Waals surface area contributed by atoms with Gasteiger partial charge in [0, 0.05) is 0 Å². The molecule has 1 aromatic heterocycles. The van der Waals surface area contributed by atoms with Crippen molar-refractivity contribution in [3.8, 4) is 11.5 Å². The van der Waals surface area contributed by atoms with E-state index >= 15 is 0 Å². The summed E-state index contributed by atoms with van der Waals surface area (Å²) in [5, 5.41) is 13.6. The lowest BCUT2D eigenvalue weighted by atomic mass is 10.2. The van der Waals surface area contributed by atoms with Gasteiger partial charge in [-0.1, -0.05) is 12.1 Å². The molecule has 22 heavy (non-hydrogen) atoms. The molecule has 9 heteroatoms. The molecule has 1 atom stereocenters. The number of para-hydroxylation sites is 2. The van der Waals surface area contributed by atoms with Gasteiger partial charge in [0.05, 0.1) is 11.5 Å². The number of nitrogens with one attached hydrogen (secondary N) is 1. The number of hydrogen-bond donors (Lipinski definition) is 2. The maximum Gasteiger partial charge on any atom is 0.329 e. The van der Waals surface area contributed by atoms with E-state index in [1.165, 1.54) is 0 Å². The van der Waals surface area contributed by atoms with Gasteiger partial charge in [0.1, 0.15) is 18.9 Å². The van der Waals surface area contributed by atoms with Gasteiger partial charge >= 0.3 is 5.69 Å². The number of aromatic nitrogens is 2. The first-order valence-electron chi connectivity index (χ1n) is 6.53. The standard InChI is InChI=1S/C13H13N5O4/c14-12-9(18(19)20)6-16-13(17-12)15-5-8-7-21-10-3-1-2-4-11(10)22-8/h1-4,6,8H,5,7H2,(H3,14,15,16,17)/t8-/m0/s1. The molecular weight excluding hydrogens is 290 g/mol. The summed E-state index contributed by atoms with van der Waals surface area (Å²) in [6.07, 6.45) is 0.841. The highest BCUT2D eigenvalue weighted by Crippen LogP contribution is 2.30. The first kappa shape index (κ1) is 13.9. The minimum atomic E-state index is -0.631. The van der Waals surface area contributed by atoms with E-state index in [1.54, 1.807) is 0 Å². The molecule has 1 aliphatic heterocycles. The Morgan fingerprint density at radius 3 is 2.91 bits per heavy atom. The highest BCUT2D eigenvalue weighted by atomic mass is 16.6. The molecule has 3 N–H and O–H groups in total. The van der Waals surface area contributed by atoms with Gasteiger partial charge in [-0.05, 0) is 12.1 Å². The van der Waals surface area contributed by atoms with Crippen LogP contribution in [0.5, 0.6) is 11.5 Å². The Balaban J connectivity index is 1.62. The third kappa shape index (κ3) is 2.82. The van der Waals surface area contributed by atoms with E-state index in [1.807, 2.05) is 24.3 Å². The Bertz CT molecular complexity index is 709. The molecule has 2 heterocycles. The number of fused-ring (bicyclic) bond motifs is 1. The van der Waals surface area contributed by atoms with Gasteiger partial charge in [0.2, 0.25) is 11.8 Å². The highest BCUT2D eigenvalue weighted by Gasteiger charge is 2.21. The zero-order valence-electron chi connectivity index (χ0n) is 11.4. The van der Waals surface area contributed by atoms with Crippen LogP contribution in [-0.2, 0) is 0 Å². The monoisotopic (exact) mass is 303 g/mol. The van der Waals surface area contributed by atoms with E-state index in [0.717, 1.165) is 6.20 Å². The number of nitro groups is 1. The number of anilines is 2. The zero-order chi connectivity index (χ0) is 15.5. The number of ether oxygens (including phenoxy) is 2. The fourth-order valence-electron chi connectivity index (χ4n) is 1.98. The summed E-state index contributed by atoms with van der Waals surface area (Å²) in [5.74, 6) is 1.39. The van der Waals surface area contributed by atoms with Crippen molar-refractivity contribution in [2.45, 2.75) is 6.10 Å². The van der Waals surface area contributed by atoms with Crippen molar-refractivity contribution in [1.82, 2.24) is 9.97 Å². The molecule has 1 aliphatic rings. The third-order valence-corrected chi connectivity index (χ3v) is 3.05. The second-order valence-corrected chi connectivity index (χ2v) is 4.60. The molecule has 1 aromatic carbocycles. The van der Waals surface area contributed by atoms with E-state index in [0.29, 0.717) is 24.7 Å². The van der Waals surface area contributed by atoms with E-state index in [2.05, 4.69) is 15.3 Å². The molecule has 114 valence electrons. The van der Waals surface area contributed by atoms with E-state index in [-0.39, 0.29) is 23.6 Å². The normalized spacial score (nSPS) is 16.1. The smallest absolute Gasteiger partial charge is 0.329 e. The van der Waals surface area contributed by atoms with Gasteiger partial charge < -0.3 is 20.5 Å². The molecule has 9 nitrogen and oxygen atoms in total. The Hall–Kier alpha value is -3.10. The van der Waals surface area contributed by atoms with Gasteiger partial charge in [-0.25, -0.2) is 4.98 Å². The van der Waals surface area contributed by atoms with E-state index in [4.69, 9.17) is 15.2 Å². The van der Waals surface area contributed by atoms with E-state index in [9.17, 15) is 10.1 Å². The van der Waals surface area contributed by atoms with Crippen LogP contribution in [0.1, 0.15) is 0 Å². The van der Waals surface area contributed by atoms with Crippen molar-refractivity contribution in [2.24, 2.45) is 0 Å². The molecule has 0 bridgehead atoms. The van der Waals surface area contributed by atoms with Crippen LogP contribution in [-0.4, -0.2) is 34.1 Å². The molecular formula is C13H13N5O4. The predicted octanol–water partition coefficient (Wildman–Crippen LogP) is 1.22. The lowest BCUT2D eigenvalue weighted by Crippen LogP contribution is -2.35. The highest BCUT2D eigenvalue weighted by molar-refractivity contribution is 5.53. The fourth-order valence-corrected chi connectivity index (χ4v) is 1.98. The summed E-state index contributed by atoms with van der Waals surface area (Å²) in [5.41, 5.74) is 5.18. The second kappa shape index (κ2) is 5.72. The molecule has 0 saturated heterocycles. The van der Waals surface area contributed by atoms with Crippen molar-refractivity contribution >= 4 is 17.5 Å². The Kier molecular flexibility index (Phi) is 3.60. The lowest BCUT2D eigenvalue weighted by Gasteiger charge is -2.26. The number of hydrogen-bond acceptors (Lipinski definition) is 8. The Morgan fingerprint density at radius 2 is 2.18 bits per heavy atom. The van der Waals surface area contributed by atoms with Crippen LogP contribution in [0.2, 0.25) is 0 Å². The SMILES string of the molecule is Nc1nc(NC[C@H]2COc3ccccc3O2)ncc1[N+](=O)[O-]. The third-order valence-electron chi connectivity index (χ3n) is 3.05. The molecule has 0 saturated carbocycles. The van der Waals surface area contributed by atoms with Crippen LogP contribution in [0.4, 0.5) is 17.5 Å². The summed E-state index contributed by atoms with van der Waals surface area (Å²) in [7, 11) is 0. The largest absolute Gasteiger partial charge is 0.486 e. The van der Waals surface area contributed by atoms with Crippen molar-refractivity contribution in [1.29, 1.82) is 0 Å². The minimum absolute atomic E-state index is 0.186. The maximum atomic E-state index is 10.6. The summed E-state index contributed by atoms with van der Waals surface area (Å²) in [6, 6.07) is 7.38. The Labute approximate surface area is 125 Å². The maximum absolute atomic E-state index is 10.6. The molecule has 3 rings (SSSR count). The predicted molar refractivity (Wildman–Crippen MR) is 77.9 cm³/mol. The van der Waals surface area contributed by atoms with E-state index < -0.39 is 4.92 Å². The second-order valence-electron chi connectivity index (χ2n) is 4.60. The zero-order valence-corrected chi connectivity index (χ0v) is 11.4. The first-order valence-corrected chi connectivity index (χ1v) is 6.53. The van der Waals surface area contributed by atoms with Gasteiger partial charge in [0.25, 0.3) is 0 Å². The summed E-state index contributed by atoms with van der Waals surface area (Å²) < 4.78 is 11.3. The van der Waals surface area contributed by atoms with Crippen molar-refractivity contribution in [3.05, 3.63) is 40.6 Å². The van der Waals surface area contributed by atoms with Gasteiger partial charge in [-0.2, -0.15) is 4.98 Å². The minimum Gasteiger partial charge on any atom is -0.486 e. The number of nitrogen functional groups attached to an aromatic ring is 1. The molecule has 0 spiro atoms. The molecule has 0 amide bonds. The quantitative estimate of drug-likeness (QED) is 0.637. The lowest BCUT2D eigenvalue weighted by molar-refractivity contribution is -0.384. The summed E-state index contributed by atoms with van der Waals surface area (Å²) in [6.45, 7) is 0.762. The van der Waals surface area contributed by atoms with Crippen LogP contribution < -0.4 is 20.5 Å². The van der Waals surface area contributed by atoms with Crippen LogP contribution in [0.25, 0.3) is 0 Å². The Morgan fingerprint density at radius 1 is 1.41 bits per heavy atom. The molecule has 2 aromatic rings. The molecule has 0 unspecified atom stereocenters.